The molecule has 2 rings (SSSR count). The van der Waals surface area contributed by atoms with Gasteiger partial charge in [-0.25, -0.2) is 0 Å². The van der Waals surface area contributed by atoms with Gasteiger partial charge in [-0.15, -0.1) is 0 Å². The molecule has 1 aromatic carbocycles. The first kappa shape index (κ1) is 12.3. The van der Waals surface area contributed by atoms with E-state index in [9.17, 15) is 0 Å². The van der Waals surface area contributed by atoms with Crippen molar-refractivity contribution in [3.63, 3.8) is 0 Å². The summed E-state index contributed by atoms with van der Waals surface area (Å²) in [4.78, 5) is 2.25. The van der Waals surface area contributed by atoms with Crippen LogP contribution in [0.3, 0.4) is 0 Å². The molecule has 1 aromatic rings. The van der Waals surface area contributed by atoms with Gasteiger partial charge in [0, 0.05) is 24.7 Å². The molecule has 1 heterocycles. The normalized spacial score (nSPS) is 15.7. The summed E-state index contributed by atoms with van der Waals surface area (Å²) in [6.45, 7) is 2.48. The van der Waals surface area contributed by atoms with Crippen LogP contribution in [0.5, 0.6) is 5.75 Å². The minimum atomic E-state index is 0.653. The number of rotatable bonds is 3. The van der Waals surface area contributed by atoms with E-state index in [1.807, 2.05) is 18.2 Å². The predicted molar refractivity (Wildman–Crippen MR) is 72.0 cm³/mol. The summed E-state index contributed by atoms with van der Waals surface area (Å²) in [7, 11) is 1.68. The van der Waals surface area contributed by atoms with E-state index >= 15 is 0 Å². The Morgan fingerprint density at radius 3 is 2.88 bits per heavy atom. The fraction of sp³-hybridized carbons (Fsp3) is 0.385. The van der Waals surface area contributed by atoms with Crippen LogP contribution in [0.25, 0.3) is 0 Å². The van der Waals surface area contributed by atoms with Crippen molar-refractivity contribution in [3.05, 3.63) is 34.9 Å². The van der Waals surface area contributed by atoms with Crippen LogP contribution < -0.4 is 15.4 Å². The number of methoxy groups -OCH3 is 1. The smallest absolute Gasteiger partial charge is 0.142 e. The average molecular weight is 253 g/mol. The minimum Gasteiger partial charge on any atom is -0.495 e. The molecule has 0 amide bonds. The molecular formula is C13H17ClN2O. The molecule has 0 saturated heterocycles. The maximum Gasteiger partial charge on any atom is 0.142 e. The highest BCUT2D eigenvalue weighted by atomic mass is 35.5. The highest BCUT2D eigenvalue weighted by Gasteiger charge is 2.15. The molecule has 0 radical (unpaired) electrons. The van der Waals surface area contributed by atoms with Gasteiger partial charge in [-0.05, 0) is 24.6 Å². The fourth-order valence-electron chi connectivity index (χ4n) is 2.03. The van der Waals surface area contributed by atoms with E-state index in [4.69, 9.17) is 22.1 Å². The summed E-state index contributed by atoms with van der Waals surface area (Å²) >= 11 is 6.03. The Bertz CT molecular complexity index is 431. The minimum absolute atomic E-state index is 0.653. The molecule has 0 saturated carbocycles. The Balaban J connectivity index is 2.23. The van der Waals surface area contributed by atoms with Gasteiger partial charge in [0.2, 0.25) is 0 Å². The van der Waals surface area contributed by atoms with Crippen LogP contribution in [0.1, 0.15) is 6.42 Å². The maximum atomic E-state index is 6.03. The Hall–Kier alpha value is -1.19. The molecule has 0 spiro atoms. The number of hydrogen-bond acceptors (Lipinski definition) is 3. The summed E-state index contributed by atoms with van der Waals surface area (Å²) in [6.07, 6.45) is 3.19. The van der Waals surface area contributed by atoms with Crippen molar-refractivity contribution >= 4 is 17.3 Å². The second-order valence-electron chi connectivity index (χ2n) is 4.08. The Kier molecular flexibility index (Phi) is 3.92. The van der Waals surface area contributed by atoms with Crippen LogP contribution in [0.15, 0.2) is 29.8 Å². The van der Waals surface area contributed by atoms with E-state index in [-0.39, 0.29) is 0 Å². The Morgan fingerprint density at radius 2 is 2.29 bits per heavy atom. The first-order valence-electron chi connectivity index (χ1n) is 5.71. The molecule has 0 atom stereocenters. The Labute approximate surface area is 107 Å². The lowest BCUT2D eigenvalue weighted by atomic mass is 10.1. The van der Waals surface area contributed by atoms with Gasteiger partial charge in [0.15, 0.2) is 0 Å². The predicted octanol–water partition coefficient (Wildman–Crippen LogP) is 2.44. The van der Waals surface area contributed by atoms with Crippen molar-refractivity contribution < 1.29 is 4.74 Å². The van der Waals surface area contributed by atoms with Gasteiger partial charge in [0.25, 0.3) is 0 Å². The molecule has 17 heavy (non-hydrogen) atoms. The van der Waals surface area contributed by atoms with Gasteiger partial charge in [0.05, 0.1) is 12.8 Å². The molecule has 1 aliphatic rings. The molecule has 4 heteroatoms. The van der Waals surface area contributed by atoms with Crippen molar-refractivity contribution in [2.75, 3.05) is 31.6 Å². The SMILES string of the molecule is COc1ccc(Cl)cc1N1CC=C(CN)CC1. The number of halogens is 1. The molecule has 0 aliphatic carbocycles. The highest BCUT2D eigenvalue weighted by Crippen LogP contribution is 2.32. The molecule has 92 valence electrons. The number of nitrogens with zero attached hydrogens (tertiary/aromatic N) is 1. The quantitative estimate of drug-likeness (QED) is 0.840. The van der Waals surface area contributed by atoms with Crippen molar-refractivity contribution in [1.29, 1.82) is 0 Å². The molecule has 0 bridgehead atoms. The largest absolute Gasteiger partial charge is 0.495 e. The standard InChI is InChI=1S/C13H17ClN2O/c1-17-13-3-2-11(14)8-12(13)16-6-4-10(9-15)5-7-16/h2-4,8H,5-7,9,15H2,1H3. The second kappa shape index (κ2) is 5.43. The lowest BCUT2D eigenvalue weighted by molar-refractivity contribution is 0.414. The van der Waals surface area contributed by atoms with Crippen molar-refractivity contribution in [2.45, 2.75) is 6.42 Å². The number of ether oxygens (including phenoxy) is 1. The number of benzene rings is 1. The van der Waals surface area contributed by atoms with Gasteiger partial charge in [-0.3, -0.25) is 0 Å². The van der Waals surface area contributed by atoms with Crippen LogP contribution in [0, 0.1) is 0 Å². The highest BCUT2D eigenvalue weighted by molar-refractivity contribution is 6.30. The molecule has 0 aromatic heterocycles. The molecule has 0 fully saturated rings. The van der Waals surface area contributed by atoms with E-state index < -0.39 is 0 Å². The van der Waals surface area contributed by atoms with Crippen molar-refractivity contribution in [1.82, 2.24) is 0 Å². The van der Waals surface area contributed by atoms with Crippen LogP contribution in [-0.2, 0) is 0 Å². The van der Waals surface area contributed by atoms with Gasteiger partial charge in [0.1, 0.15) is 5.75 Å². The summed E-state index contributed by atoms with van der Waals surface area (Å²) in [5, 5.41) is 0.731. The summed E-state index contributed by atoms with van der Waals surface area (Å²) < 4.78 is 5.36. The summed E-state index contributed by atoms with van der Waals surface area (Å²) in [6, 6.07) is 5.69. The number of hydrogen-bond donors (Lipinski definition) is 1. The zero-order valence-electron chi connectivity index (χ0n) is 9.95. The molecule has 1 aliphatic heterocycles. The second-order valence-corrected chi connectivity index (χ2v) is 4.52. The van der Waals surface area contributed by atoms with Gasteiger partial charge in [-0.2, -0.15) is 0 Å². The van der Waals surface area contributed by atoms with E-state index in [1.165, 1.54) is 5.57 Å². The third-order valence-corrected chi connectivity index (χ3v) is 3.28. The molecule has 2 N–H and O–H groups in total. The molecule has 0 unspecified atom stereocenters. The van der Waals surface area contributed by atoms with Crippen molar-refractivity contribution in [3.8, 4) is 5.75 Å². The van der Waals surface area contributed by atoms with E-state index in [1.54, 1.807) is 7.11 Å². The zero-order valence-corrected chi connectivity index (χ0v) is 10.7. The third-order valence-electron chi connectivity index (χ3n) is 3.05. The Morgan fingerprint density at radius 1 is 1.47 bits per heavy atom. The average Bonchev–Trinajstić information content (AvgIpc) is 2.39. The van der Waals surface area contributed by atoms with Crippen LogP contribution in [0.4, 0.5) is 5.69 Å². The maximum absolute atomic E-state index is 6.03. The fourth-order valence-corrected chi connectivity index (χ4v) is 2.19. The van der Waals surface area contributed by atoms with Crippen LogP contribution in [-0.4, -0.2) is 26.7 Å². The lowest BCUT2D eigenvalue weighted by Gasteiger charge is -2.29. The van der Waals surface area contributed by atoms with Crippen molar-refractivity contribution in [2.24, 2.45) is 5.73 Å². The lowest BCUT2D eigenvalue weighted by Crippen LogP contribution is -2.30. The first-order valence-corrected chi connectivity index (χ1v) is 6.09. The molecule has 3 nitrogen and oxygen atoms in total. The first-order chi connectivity index (χ1) is 8.24. The van der Waals surface area contributed by atoms with Crippen LogP contribution >= 0.6 is 11.6 Å². The third kappa shape index (κ3) is 2.73. The zero-order chi connectivity index (χ0) is 12.3. The summed E-state index contributed by atoms with van der Waals surface area (Å²) in [5.74, 6) is 0.860. The topological polar surface area (TPSA) is 38.5 Å². The van der Waals surface area contributed by atoms with Gasteiger partial charge < -0.3 is 15.4 Å². The monoisotopic (exact) mass is 252 g/mol. The number of anilines is 1. The van der Waals surface area contributed by atoms with Gasteiger partial charge in [-0.1, -0.05) is 23.3 Å². The van der Waals surface area contributed by atoms with Crippen LogP contribution in [0.2, 0.25) is 5.02 Å². The van der Waals surface area contributed by atoms with E-state index in [0.717, 1.165) is 36.0 Å². The molecular weight excluding hydrogens is 236 g/mol. The van der Waals surface area contributed by atoms with E-state index in [2.05, 4.69) is 11.0 Å². The van der Waals surface area contributed by atoms with E-state index in [0.29, 0.717) is 6.54 Å². The van der Waals surface area contributed by atoms with Gasteiger partial charge >= 0.3 is 0 Å². The number of nitrogens with two attached hydrogens (primary N) is 1. The summed E-state index contributed by atoms with van der Waals surface area (Å²) in [5.41, 5.74) is 8.00.